The van der Waals surface area contributed by atoms with Crippen molar-refractivity contribution in [1.29, 1.82) is 0 Å². The highest BCUT2D eigenvalue weighted by Crippen LogP contribution is 2.23. The summed E-state index contributed by atoms with van der Waals surface area (Å²) in [6, 6.07) is 7.00. The fraction of sp³-hybridized carbons (Fsp3) is 0.333. The summed E-state index contributed by atoms with van der Waals surface area (Å²) in [5.74, 6) is 0.499. The van der Waals surface area contributed by atoms with E-state index in [2.05, 4.69) is 5.32 Å². The van der Waals surface area contributed by atoms with Gasteiger partial charge in [0.05, 0.1) is 12.3 Å². The van der Waals surface area contributed by atoms with Crippen LogP contribution < -0.4 is 15.8 Å². The SMILES string of the molecule is CCCOC(=O)Nc1ccccc1OCC(N)=S. The highest BCUT2D eigenvalue weighted by atomic mass is 32.1. The fourth-order valence-corrected chi connectivity index (χ4v) is 1.24. The molecule has 6 heteroatoms. The number of rotatable bonds is 6. The largest absolute Gasteiger partial charge is 0.484 e. The number of thiocarbonyl (C=S) groups is 1. The first kappa shape index (κ1) is 14.2. The summed E-state index contributed by atoms with van der Waals surface area (Å²) in [5, 5.41) is 2.60. The van der Waals surface area contributed by atoms with E-state index in [1.165, 1.54) is 0 Å². The molecule has 0 bridgehead atoms. The van der Waals surface area contributed by atoms with Crippen LogP contribution >= 0.6 is 12.2 Å². The fourth-order valence-electron chi connectivity index (χ4n) is 1.19. The van der Waals surface area contributed by atoms with Gasteiger partial charge in [-0.2, -0.15) is 0 Å². The van der Waals surface area contributed by atoms with Gasteiger partial charge in [0.25, 0.3) is 0 Å². The first-order chi connectivity index (χ1) is 8.63. The van der Waals surface area contributed by atoms with Gasteiger partial charge in [-0.1, -0.05) is 31.3 Å². The Morgan fingerprint density at radius 3 is 2.83 bits per heavy atom. The predicted octanol–water partition coefficient (Wildman–Crippen LogP) is 2.31. The van der Waals surface area contributed by atoms with Crippen LogP contribution in [0.5, 0.6) is 5.75 Å². The molecule has 1 rings (SSSR count). The molecule has 0 fully saturated rings. The molecule has 98 valence electrons. The molecule has 0 radical (unpaired) electrons. The van der Waals surface area contributed by atoms with Gasteiger partial charge in [-0.15, -0.1) is 0 Å². The number of amides is 1. The van der Waals surface area contributed by atoms with Crippen molar-refractivity contribution in [1.82, 2.24) is 0 Å². The van der Waals surface area contributed by atoms with E-state index in [0.717, 1.165) is 6.42 Å². The van der Waals surface area contributed by atoms with E-state index in [1.807, 2.05) is 6.92 Å². The third kappa shape index (κ3) is 5.01. The highest BCUT2D eigenvalue weighted by Gasteiger charge is 2.08. The molecule has 3 N–H and O–H groups in total. The number of nitrogens with two attached hydrogens (primary N) is 1. The molecule has 18 heavy (non-hydrogen) atoms. The van der Waals surface area contributed by atoms with Crippen molar-refractivity contribution < 1.29 is 14.3 Å². The van der Waals surface area contributed by atoms with Crippen LogP contribution in [0.1, 0.15) is 13.3 Å². The molecule has 0 aliphatic rings. The zero-order chi connectivity index (χ0) is 13.4. The average Bonchev–Trinajstić information content (AvgIpc) is 2.35. The van der Waals surface area contributed by atoms with Crippen LogP contribution in [0.15, 0.2) is 24.3 Å². The molecule has 0 atom stereocenters. The van der Waals surface area contributed by atoms with Crippen LogP contribution in [0.25, 0.3) is 0 Å². The maximum Gasteiger partial charge on any atom is 0.411 e. The van der Waals surface area contributed by atoms with Crippen molar-refractivity contribution in [3.8, 4) is 5.75 Å². The minimum Gasteiger partial charge on any atom is -0.484 e. The van der Waals surface area contributed by atoms with Crippen molar-refractivity contribution in [2.75, 3.05) is 18.5 Å². The number of hydrogen-bond donors (Lipinski definition) is 2. The van der Waals surface area contributed by atoms with Gasteiger partial charge in [0, 0.05) is 0 Å². The average molecular weight is 268 g/mol. The van der Waals surface area contributed by atoms with Gasteiger partial charge in [-0.25, -0.2) is 4.79 Å². The molecular formula is C12H16N2O3S. The van der Waals surface area contributed by atoms with E-state index in [4.69, 9.17) is 27.4 Å². The molecule has 1 aromatic carbocycles. The van der Waals surface area contributed by atoms with E-state index < -0.39 is 6.09 Å². The molecule has 0 aromatic heterocycles. The lowest BCUT2D eigenvalue weighted by atomic mass is 10.3. The Bertz CT molecular complexity index is 424. The summed E-state index contributed by atoms with van der Waals surface area (Å²) >= 11 is 4.72. The standard InChI is InChI=1S/C12H16N2O3S/c1-2-7-16-12(15)14-9-5-3-4-6-10(9)17-8-11(13)18/h3-6H,2,7-8H2,1H3,(H2,13,18)(H,14,15). The molecule has 0 aliphatic heterocycles. The number of nitrogens with one attached hydrogen (secondary N) is 1. The highest BCUT2D eigenvalue weighted by molar-refractivity contribution is 7.80. The van der Waals surface area contributed by atoms with Crippen LogP contribution in [-0.4, -0.2) is 24.3 Å². The molecule has 0 spiro atoms. The number of para-hydroxylation sites is 2. The smallest absolute Gasteiger partial charge is 0.411 e. The van der Waals surface area contributed by atoms with Crippen molar-refractivity contribution in [2.24, 2.45) is 5.73 Å². The van der Waals surface area contributed by atoms with Crippen LogP contribution in [0.3, 0.4) is 0 Å². The Labute approximate surface area is 111 Å². The van der Waals surface area contributed by atoms with E-state index in [1.54, 1.807) is 24.3 Å². The van der Waals surface area contributed by atoms with Crippen LogP contribution in [0.2, 0.25) is 0 Å². The lowest BCUT2D eigenvalue weighted by Crippen LogP contribution is -2.19. The number of benzene rings is 1. The monoisotopic (exact) mass is 268 g/mol. The minimum atomic E-state index is -0.511. The molecule has 1 amide bonds. The zero-order valence-corrected chi connectivity index (χ0v) is 11.0. The lowest BCUT2D eigenvalue weighted by Gasteiger charge is -2.11. The summed E-state index contributed by atoms with van der Waals surface area (Å²) < 4.78 is 10.3. The second kappa shape index (κ2) is 7.50. The van der Waals surface area contributed by atoms with E-state index in [9.17, 15) is 4.79 Å². The number of hydrogen-bond acceptors (Lipinski definition) is 4. The Balaban J connectivity index is 2.63. The van der Waals surface area contributed by atoms with E-state index in [0.29, 0.717) is 18.0 Å². The van der Waals surface area contributed by atoms with E-state index in [-0.39, 0.29) is 11.6 Å². The minimum absolute atomic E-state index is 0.123. The zero-order valence-electron chi connectivity index (χ0n) is 10.1. The Morgan fingerprint density at radius 2 is 2.17 bits per heavy atom. The quantitative estimate of drug-likeness (QED) is 0.774. The molecule has 0 saturated carbocycles. The molecule has 0 aliphatic carbocycles. The third-order valence-electron chi connectivity index (χ3n) is 1.93. The van der Waals surface area contributed by atoms with Gasteiger partial charge >= 0.3 is 6.09 Å². The van der Waals surface area contributed by atoms with Crippen molar-refractivity contribution >= 4 is 29.0 Å². The number of carbonyl (C=O) groups excluding carboxylic acids is 1. The first-order valence-electron chi connectivity index (χ1n) is 5.57. The van der Waals surface area contributed by atoms with Gasteiger partial charge in [0.15, 0.2) is 0 Å². The molecule has 0 heterocycles. The molecule has 0 unspecified atom stereocenters. The lowest BCUT2D eigenvalue weighted by molar-refractivity contribution is 0.161. The Morgan fingerprint density at radius 1 is 1.44 bits per heavy atom. The van der Waals surface area contributed by atoms with Crippen LogP contribution in [-0.2, 0) is 4.74 Å². The molecule has 1 aromatic rings. The summed E-state index contributed by atoms with van der Waals surface area (Å²) in [6.07, 6.45) is 0.260. The van der Waals surface area contributed by atoms with Gasteiger partial charge in [-0.05, 0) is 18.6 Å². The Hall–Kier alpha value is -1.82. The molecular weight excluding hydrogens is 252 g/mol. The maximum atomic E-state index is 11.4. The number of anilines is 1. The summed E-state index contributed by atoms with van der Waals surface area (Å²) in [6.45, 7) is 2.42. The van der Waals surface area contributed by atoms with E-state index >= 15 is 0 Å². The first-order valence-corrected chi connectivity index (χ1v) is 5.98. The third-order valence-corrected chi connectivity index (χ3v) is 2.05. The second-order valence-electron chi connectivity index (χ2n) is 3.51. The summed E-state index contributed by atoms with van der Waals surface area (Å²) in [7, 11) is 0. The maximum absolute atomic E-state index is 11.4. The van der Waals surface area contributed by atoms with Gasteiger partial charge in [0.1, 0.15) is 17.3 Å². The topological polar surface area (TPSA) is 73.6 Å². The normalized spacial score (nSPS) is 9.61. The van der Waals surface area contributed by atoms with Crippen LogP contribution in [0, 0.1) is 0 Å². The predicted molar refractivity (Wildman–Crippen MR) is 74.0 cm³/mol. The van der Waals surface area contributed by atoms with Gasteiger partial charge < -0.3 is 15.2 Å². The summed E-state index contributed by atoms with van der Waals surface area (Å²) in [4.78, 5) is 11.7. The molecule has 0 saturated heterocycles. The number of ether oxygens (including phenoxy) is 2. The van der Waals surface area contributed by atoms with Gasteiger partial charge in [-0.3, -0.25) is 5.32 Å². The van der Waals surface area contributed by atoms with Crippen molar-refractivity contribution in [3.05, 3.63) is 24.3 Å². The number of carbonyl (C=O) groups is 1. The van der Waals surface area contributed by atoms with Gasteiger partial charge in [0.2, 0.25) is 0 Å². The van der Waals surface area contributed by atoms with Crippen molar-refractivity contribution in [3.63, 3.8) is 0 Å². The molecule has 5 nitrogen and oxygen atoms in total. The second-order valence-corrected chi connectivity index (χ2v) is 4.04. The van der Waals surface area contributed by atoms with Crippen LogP contribution in [0.4, 0.5) is 10.5 Å². The summed E-state index contributed by atoms with van der Waals surface area (Å²) in [5.41, 5.74) is 5.87. The Kier molecular flexibility index (Phi) is 5.93. The van der Waals surface area contributed by atoms with Crippen molar-refractivity contribution in [2.45, 2.75) is 13.3 Å².